The van der Waals surface area contributed by atoms with Gasteiger partial charge in [0.2, 0.25) is 0 Å². The zero-order chi connectivity index (χ0) is 14.3. The standard InChI is InChI=1S/C17H17Cl2N/c1-10-3-4-12(11(2)9-10)13-7-8-20-17-14(13)5-6-15(18)16(17)19/h3-6,9,13,20H,7-8H2,1-2H3. The van der Waals surface area contributed by atoms with Crippen LogP contribution in [-0.2, 0) is 0 Å². The van der Waals surface area contributed by atoms with E-state index in [-0.39, 0.29) is 0 Å². The molecule has 1 heterocycles. The molecule has 104 valence electrons. The lowest BCUT2D eigenvalue weighted by atomic mass is 9.83. The molecule has 2 aromatic rings. The predicted molar refractivity (Wildman–Crippen MR) is 87.3 cm³/mol. The van der Waals surface area contributed by atoms with Crippen LogP contribution in [0, 0.1) is 13.8 Å². The van der Waals surface area contributed by atoms with E-state index in [0.29, 0.717) is 16.0 Å². The summed E-state index contributed by atoms with van der Waals surface area (Å²) < 4.78 is 0. The Morgan fingerprint density at radius 2 is 1.80 bits per heavy atom. The van der Waals surface area contributed by atoms with E-state index in [1.165, 1.54) is 22.3 Å². The molecule has 2 aromatic carbocycles. The summed E-state index contributed by atoms with van der Waals surface area (Å²) in [5, 5.41) is 4.63. The van der Waals surface area contributed by atoms with Crippen molar-refractivity contribution >= 4 is 28.9 Å². The number of nitrogens with one attached hydrogen (secondary N) is 1. The average Bonchev–Trinajstić information content (AvgIpc) is 2.43. The molecular formula is C17H17Cl2N. The first-order valence-corrected chi connectivity index (χ1v) is 7.62. The molecule has 3 rings (SSSR count). The van der Waals surface area contributed by atoms with Gasteiger partial charge < -0.3 is 5.32 Å². The lowest BCUT2D eigenvalue weighted by Gasteiger charge is -2.29. The molecule has 3 heteroatoms. The number of hydrogen-bond donors (Lipinski definition) is 1. The topological polar surface area (TPSA) is 12.0 Å². The van der Waals surface area contributed by atoms with Crippen molar-refractivity contribution in [2.75, 3.05) is 11.9 Å². The van der Waals surface area contributed by atoms with Gasteiger partial charge in [0.25, 0.3) is 0 Å². The molecule has 1 aliphatic heterocycles. The molecule has 0 aromatic heterocycles. The fourth-order valence-electron chi connectivity index (χ4n) is 3.07. The second kappa shape index (κ2) is 5.31. The van der Waals surface area contributed by atoms with Crippen LogP contribution >= 0.6 is 23.2 Å². The first-order valence-electron chi connectivity index (χ1n) is 6.87. The van der Waals surface area contributed by atoms with Gasteiger partial charge in [-0.15, -0.1) is 0 Å². The van der Waals surface area contributed by atoms with Crippen LogP contribution in [0.15, 0.2) is 30.3 Å². The molecular weight excluding hydrogens is 289 g/mol. The molecule has 0 bridgehead atoms. The maximum absolute atomic E-state index is 6.33. The number of hydrogen-bond acceptors (Lipinski definition) is 1. The minimum Gasteiger partial charge on any atom is -0.384 e. The minimum absolute atomic E-state index is 0.390. The van der Waals surface area contributed by atoms with E-state index < -0.39 is 0 Å². The zero-order valence-electron chi connectivity index (χ0n) is 11.6. The number of benzene rings is 2. The van der Waals surface area contributed by atoms with E-state index in [0.717, 1.165) is 18.7 Å². The Bertz CT molecular complexity index is 664. The Morgan fingerprint density at radius 1 is 1.05 bits per heavy atom. The van der Waals surface area contributed by atoms with Gasteiger partial charge in [-0.05, 0) is 43.0 Å². The van der Waals surface area contributed by atoms with E-state index in [1.807, 2.05) is 6.07 Å². The number of fused-ring (bicyclic) bond motifs is 1. The van der Waals surface area contributed by atoms with Crippen molar-refractivity contribution in [1.82, 2.24) is 0 Å². The third-order valence-electron chi connectivity index (χ3n) is 4.04. The Hall–Kier alpha value is -1.18. The largest absolute Gasteiger partial charge is 0.384 e. The highest BCUT2D eigenvalue weighted by molar-refractivity contribution is 6.43. The van der Waals surface area contributed by atoms with Gasteiger partial charge in [-0.2, -0.15) is 0 Å². The van der Waals surface area contributed by atoms with Crippen LogP contribution < -0.4 is 5.32 Å². The van der Waals surface area contributed by atoms with Gasteiger partial charge in [-0.25, -0.2) is 0 Å². The monoisotopic (exact) mass is 305 g/mol. The molecule has 1 nitrogen and oxygen atoms in total. The molecule has 1 unspecified atom stereocenters. The van der Waals surface area contributed by atoms with Crippen LogP contribution in [-0.4, -0.2) is 6.54 Å². The quantitative estimate of drug-likeness (QED) is 0.727. The van der Waals surface area contributed by atoms with Crippen LogP contribution in [0.3, 0.4) is 0 Å². The number of rotatable bonds is 1. The predicted octanol–water partition coefficient (Wildman–Crippen LogP) is 5.56. The van der Waals surface area contributed by atoms with Crippen molar-refractivity contribution in [3.63, 3.8) is 0 Å². The fraction of sp³-hybridized carbons (Fsp3) is 0.294. The molecule has 0 aliphatic carbocycles. The first kappa shape index (κ1) is 13.8. The fourth-order valence-corrected chi connectivity index (χ4v) is 3.47. The summed E-state index contributed by atoms with van der Waals surface area (Å²) in [4.78, 5) is 0. The summed E-state index contributed by atoms with van der Waals surface area (Å²) in [7, 11) is 0. The Morgan fingerprint density at radius 3 is 2.55 bits per heavy atom. The molecule has 1 atom stereocenters. The number of aryl methyl sites for hydroxylation is 2. The maximum atomic E-state index is 6.33. The summed E-state index contributed by atoms with van der Waals surface area (Å²) in [6.07, 6.45) is 1.08. The highest BCUT2D eigenvalue weighted by Gasteiger charge is 2.25. The highest BCUT2D eigenvalue weighted by atomic mass is 35.5. The van der Waals surface area contributed by atoms with E-state index in [4.69, 9.17) is 23.2 Å². The van der Waals surface area contributed by atoms with Crippen LogP contribution in [0.25, 0.3) is 0 Å². The van der Waals surface area contributed by atoms with E-state index in [1.54, 1.807) is 0 Å². The van der Waals surface area contributed by atoms with Crippen molar-refractivity contribution < 1.29 is 0 Å². The molecule has 0 saturated carbocycles. The second-order valence-corrected chi connectivity index (χ2v) is 6.24. The molecule has 0 spiro atoms. The number of anilines is 1. The summed E-state index contributed by atoms with van der Waals surface area (Å²) in [5.41, 5.74) is 6.27. The SMILES string of the molecule is Cc1ccc(C2CCNc3c2ccc(Cl)c3Cl)c(C)c1. The first-order chi connectivity index (χ1) is 9.58. The van der Waals surface area contributed by atoms with Crippen molar-refractivity contribution in [1.29, 1.82) is 0 Å². The van der Waals surface area contributed by atoms with Gasteiger partial charge in [0.1, 0.15) is 0 Å². The van der Waals surface area contributed by atoms with Crippen molar-refractivity contribution in [3.05, 3.63) is 62.6 Å². The molecule has 1 N–H and O–H groups in total. The van der Waals surface area contributed by atoms with E-state index in [9.17, 15) is 0 Å². The molecule has 0 fully saturated rings. The summed E-state index contributed by atoms with van der Waals surface area (Å²) >= 11 is 12.5. The smallest absolute Gasteiger partial charge is 0.0826 e. The van der Waals surface area contributed by atoms with Gasteiger partial charge in [0.15, 0.2) is 0 Å². The third kappa shape index (κ3) is 2.30. The maximum Gasteiger partial charge on any atom is 0.0826 e. The minimum atomic E-state index is 0.390. The number of halogens is 2. The van der Waals surface area contributed by atoms with E-state index >= 15 is 0 Å². The van der Waals surface area contributed by atoms with Gasteiger partial charge in [-0.1, -0.05) is 53.0 Å². The molecule has 0 saturated heterocycles. The van der Waals surface area contributed by atoms with Crippen LogP contribution in [0.2, 0.25) is 10.0 Å². The molecule has 0 radical (unpaired) electrons. The van der Waals surface area contributed by atoms with Gasteiger partial charge in [-0.3, -0.25) is 0 Å². The Labute approximate surface area is 129 Å². The van der Waals surface area contributed by atoms with Gasteiger partial charge in [0, 0.05) is 12.5 Å². The van der Waals surface area contributed by atoms with Crippen molar-refractivity contribution in [2.45, 2.75) is 26.2 Å². The lowest BCUT2D eigenvalue weighted by Crippen LogP contribution is -2.18. The normalized spacial score (nSPS) is 17.5. The van der Waals surface area contributed by atoms with Crippen LogP contribution in [0.5, 0.6) is 0 Å². The lowest BCUT2D eigenvalue weighted by molar-refractivity contribution is 0.716. The Balaban J connectivity index is 2.12. The second-order valence-electron chi connectivity index (χ2n) is 5.45. The van der Waals surface area contributed by atoms with Crippen molar-refractivity contribution in [3.8, 4) is 0 Å². The van der Waals surface area contributed by atoms with Crippen LogP contribution in [0.1, 0.15) is 34.6 Å². The molecule has 20 heavy (non-hydrogen) atoms. The summed E-state index contributed by atoms with van der Waals surface area (Å²) in [5.74, 6) is 0.390. The summed E-state index contributed by atoms with van der Waals surface area (Å²) in [6.45, 7) is 5.23. The highest BCUT2D eigenvalue weighted by Crippen LogP contribution is 2.43. The zero-order valence-corrected chi connectivity index (χ0v) is 13.1. The van der Waals surface area contributed by atoms with Crippen molar-refractivity contribution in [2.24, 2.45) is 0 Å². The van der Waals surface area contributed by atoms with Gasteiger partial charge in [0.05, 0.1) is 15.7 Å². The van der Waals surface area contributed by atoms with Crippen LogP contribution in [0.4, 0.5) is 5.69 Å². The average molecular weight is 306 g/mol. The summed E-state index contributed by atoms with van der Waals surface area (Å²) in [6, 6.07) is 10.7. The van der Waals surface area contributed by atoms with Gasteiger partial charge >= 0.3 is 0 Å². The third-order valence-corrected chi connectivity index (χ3v) is 4.84. The molecule has 0 amide bonds. The Kier molecular flexibility index (Phi) is 3.66. The molecule has 1 aliphatic rings. The van der Waals surface area contributed by atoms with E-state index in [2.05, 4.69) is 43.4 Å².